The molecule has 2 saturated heterocycles. The van der Waals surface area contributed by atoms with E-state index in [1.165, 1.54) is 22.6 Å². The van der Waals surface area contributed by atoms with E-state index < -0.39 is 5.54 Å². The summed E-state index contributed by atoms with van der Waals surface area (Å²) in [5.41, 5.74) is 1.93. The fraction of sp³-hybridized carbons (Fsp3) is 0.560. The minimum atomic E-state index is -1.03. The minimum absolute atomic E-state index is 0.0133. The number of hydrogen-bond donors (Lipinski definition) is 1. The molecule has 0 radical (unpaired) electrons. The standard InChI is InChI=1S/C25H34FN5O2/c1-17(2)14-31-23(32)25(27-24(31)33,13-19-6-5-7-22(26)12-19)21-8-10-30(11-9-21)16-20-15-29(4)28-18(20)3/h5-7,12,15,17,21H,8-11,13-14,16H2,1-4H3,(H,27,33)/t25-/m0/s1. The number of aryl methyl sites for hydroxylation is 2. The van der Waals surface area contributed by atoms with E-state index in [2.05, 4.69) is 21.5 Å². The normalized spacial score (nSPS) is 22.4. The summed E-state index contributed by atoms with van der Waals surface area (Å²) in [6, 6.07) is 6.01. The van der Waals surface area contributed by atoms with Gasteiger partial charge in [-0.2, -0.15) is 5.10 Å². The highest BCUT2D eigenvalue weighted by Gasteiger charge is 2.55. The largest absolute Gasteiger partial charge is 0.325 e. The van der Waals surface area contributed by atoms with Crippen molar-refractivity contribution in [2.45, 2.75) is 52.1 Å². The molecule has 0 spiro atoms. The van der Waals surface area contributed by atoms with Crippen LogP contribution in [0.3, 0.4) is 0 Å². The second kappa shape index (κ2) is 9.25. The van der Waals surface area contributed by atoms with Gasteiger partial charge in [-0.25, -0.2) is 9.18 Å². The molecule has 0 aliphatic carbocycles. The summed E-state index contributed by atoms with van der Waals surface area (Å²) in [5.74, 6) is -0.345. The number of urea groups is 1. The van der Waals surface area contributed by atoms with E-state index in [4.69, 9.17) is 0 Å². The predicted octanol–water partition coefficient (Wildman–Crippen LogP) is 3.27. The fourth-order valence-electron chi connectivity index (χ4n) is 5.31. The van der Waals surface area contributed by atoms with Crippen LogP contribution in [0.25, 0.3) is 0 Å². The second-order valence-electron chi connectivity index (χ2n) is 9.98. The number of carbonyl (C=O) groups is 2. The first-order valence-electron chi connectivity index (χ1n) is 11.8. The van der Waals surface area contributed by atoms with E-state index in [1.807, 2.05) is 38.6 Å². The average molecular weight is 456 g/mol. The Kier molecular flexibility index (Phi) is 6.56. The summed E-state index contributed by atoms with van der Waals surface area (Å²) in [5, 5.41) is 7.50. The number of halogens is 1. The van der Waals surface area contributed by atoms with Gasteiger partial charge in [-0.3, -0.25) is 19.3 Å². The first kappa shape index (κ1) is 23.4. The highest BCUT2D eigenvalue weighted by Crippen LogP contribution is 2.37. The number of likely N-dealkylation sites (tertiary alicyclic amines) is 1. The van der Waals surface area contributed by atoms with Crippen molar-refractivity contribution in [1.29, 1.82) is 0 Å². The van der Waals surface area contributed by atoms with Crippen molar-refractivity contribution < 1.29 is 14.0 Å². The van der Waals surface area contributed by atoms with E-state index in [9.17, 15) is 14.0 Å². The monoisotopic (exact) mass is 455 g/mol. The Labute approximate surface area is 194 Å². The van der Waals surface area contributed by atoms with Gasteiger partial charge in [0.05, 0.1) is 5.69 Å². The van der Waals surface area contributed by atoms with E-state index in [0.717, 1.165) is 43.7 Å². The number of amides is 3. The number of piperidine rings is 1. The molecule has 0 saturated carbocycles. The van der Waals surface area contributed by atoms with Crippen LogP contribution in [0.4, 0.5) is 9.18 Å². The molecule has 7 nitrogen and oxygen atoms in total. The number of carbonyl (C=O) groups excluding carboxylic acids is 2. The predicted molar refractivity (Wildman–Crippen MR) is 124 cm³/mol. The Bertz CT molecular complexity index is 1030. The van der Waals surface area contributed by atoms with Crippen LogP contribution in [0.5, 0.6) is 0 Å². The summed E-state index contributed by atoms with van der Waals surface area (Å²) in [4.78, 5) is 30.3. The lowest BCUT2D eigenvalue weighted by Crippen LogP contribution is -2.57. The molecular formula is C25H34FN5O2. The first-order valence-corrected chi connectivity index (χ1v) is 11.8. The van der Waals surface area contributed by atoms with Crippen LogP contribution in [0.1, 0.15) is 43.5 Å². The minimum Gasteiger partial charge on any atom is -0.322 e. The number of rotatable bonds is 7. The van der Waals surface area contributed by atoms with E-state index in [-0.39, 0.29) is 29.6 Å². The average Bonchev–Trinajstić information content (AvgIpc) is 3.18. The van der Waals surface area contributed by atoms with Gasteiger partial charge in [-0.1, -0.05) is 26.0 Å². The van der Waals surface area contributed by atoms with Crippen molar-refractivity contribution in [3.8, 4) is 0 Å². The molecule has 1 aromatic carbocycles. The lowest BCUT2D eigenvalue weighted by atomic mass is 9.73. The molecule has 0 unspecified atom stereocenters. The third-order valence-corrected chi connectivity index (χ3v) is 6.92. The molecule has 4 rings (SSSR count). The van der Waals surface area contributed by atoms with Gasteiger partial charge in [-0.05, 0) is 62.4 Å². The molecule has 33 heavy (non-hydrogen) atoms. The van der Waals surface area contributed by atoms with Crippen LogP contribution in [0.2, 0.25) is 0 Å². The van der Waals surface area contributed by atoms with E-state index in [0.29, 0.717) is 13.0 Å². The molecule has 1 aromatic heterocycles. The van der Waals surface area contributed by atoms with Gasteiger partial charge in [0.1, 0.15) is 11.4 Å². The van der Waals surface area contributed by atoms with Crippen LogP contribution in [0.15, 0.2) is 30.5 Å². The van der Waals surface area contributed by atoms with Gasteiger partial charge in [0.25, 0.3) is 5.91 Å². The Morgan fingerprint density at radius 3 is 2.58 bits per heavy atom. The van der Waals surface area contributed by atoms with Crippen molar-refractivity contribution in [3.05, 3.63) is 53.1 Å². The van der Waals surface area contributed by atoms with Crippen molar-refractivity contribution in [2.75, 3.05) is 19.6 Å². The van der Waals surface area contributed by atoms with Crippen molar-refractivity contribution in [2.24, 2.45) is 18.9 Å². The zero-order valence-electron chi connectivity index (χ0n) is 20.0. The number of benzene rings is 1. The van der Waals surface area contributed by atoms with Crippen LogP contribution in [-0.2, 0) is 24.8 Å². The Morgan fingerprint density at radius 1 is 1.24 bits per heavy atom. The van der Waals surface area contributed by atoms with Crippen molar-refractivity contribution in [1.82, 2.24) is 24.9 Å². The Balaban J connectivity index is 1.55. The van der Waals surface area contributed by atoms with Gasteiger partial charge >= 0.3 is 6.03 Å². The van der Waals surface area contributed by atoms with Gasteiger partial charge in [-0.15, -0.1) is 0 Å². The third kappa shape index (κ3) is 4.81. The van der Waals surface area contributed by atoms with Gasteiger partial charge in [0.2, 0.25) is 0 Å². The van der Waals surface area contributed by atoms with Crippen LogP contribution < -0.4 is 5.32 Å². The second-order valence-corrected chi connectivity index (χ2v) is 9.98. The maximum atomic E-state index is 13.9. The SMILES string of the molecule is Cc1nn(C)cc1CN1CCC([C@]2(Cc3cccc(F)c3)NC(=O)N(CC(C)C)C2=O)CC1. The van der Waals surface area contributed by atoms with E-state index >= 15 is 0 Å². The zero-order chi connectivity index (χ0) is 23.8. The Hall–Kier alpha value is -2.74. The van der Waals surface area contributed by atoms with E-state index in [1.54, 1.807) is 6.07 Å². The quantitative estimate of drug-likeness (QED) is 0.651. The topological polar surface area (TPSA) is 70.5 Å². The third-order valence-electron chi connectivity index (χ3n) is 6.92. The number of aromatic nitrogens is 2. The molecule has 178 valence electrons. The molecule has 1 atom stereocenters. The summed E-state index contributed by atoms with van der Waals surface area (Å²) in [6.45, 7) is 8.87. The molecule has 3 heterocycles. The van der Waals surface area contributed by atoms with Gasteiger partial charge in [0, 0.05) is 38.3 Å². The van der Waals surface area contributed by atoms with Crippen LogP contribution >= 0.6 is 0 Å². The molecule has 2 aromatic rings. The molecule has 2 aliphatic heterocycles. The highest BCUT2D eigenvalue weighted by atomic mass is 19.1. The lowest BCUT2D eigenvalue weighted by molar-refractivity contribution is -0.134. The molecular weight excluding hydrogens is 421 g/mol. The summed E-state index contributed by atoms with van der Waals surface area (Å²) in [6.07, 6.45) is 3.93. The van der Waals surface area contributed by atoms with Crippen LogP contribution in [-0.4, -0.2) is 56.7 Å². The smallest absolute Gasteiger partial charge is 0.322 e. The fourth-order valence-corrected chi connectivity index (χ4v) is 5.31. The molecule has 8 heteroatoms. The lowest BCUT2D eigenvalue weighted by Gasteiger charge is -2.41. The maximum absolute atomic E-state index is 13.9. The molecule has 2 aliphatic rings. The Morgan fingerprint density at radius 2 is 1.97 bits per heavy atom. The molecule has 0 bridgehead atoms. The van der Waals surface area contributed by atoms with Gasteiger partial charge < -0.3 is 5.32 Å². The zero-order valence-corrected chi connectivity index (χ0v) is 20.0. The first-order chi connectivity index (χ1) is 15.7. The summed E-state index contributed by atoms with van der Waals surface area (Å²) < 4.78 is 15.8. The van der Waals surface area contributed by atoms with Gasteiger partial charge in [0.15, 0.2) is 0 Å². The van der Waals surface area contributed by atoms with Crippen molar-refractivity contribution >= 4 is 11.9 Å². The number of nitrogens with zero attached hydrogens (tertiary/aromatic N) is 4. The maximum Gasteiger partial charge on any atom is 0.325 e. The highest BCUT2D eigenvalue weighted by molar-refractivity contribution is 6.07. The summed E-state index contributed by atoms with van der Waals surface area (Å²) in [7, 11) is 1.93. The van der Waals surface area contributed by atoms with Crippen molar-refractivity contribution in [3.63, 3.8) is 0 Å². The molecule has 1 N–H and O–H groups in total. The number of imide groups is 1. The van der Waals surface area contributed by atoms with Crippen LogP contribution in [0, 0.1) is 24.6 Å². The summed E-state index contributed by atoms with van der Waals surface area (Å²) >= 11 is 0. The molecule has 2 fully saturated rings. The molecule has 3 amide bonds. The number of hydrogen-bond acceptors (Lipinski definition) is 4. The number of nitrogens with one attached hydrogen (secondary N) is 1.